The Balaban J connectivity index is 1.46. The number of halogens is 2. The fourth-order valence-electron chi connectivity index (χ4n) is 4.88. The molecule has 0 radical (unpaired) electrons. The molecule has 0 unspecified atom stereocenters. The average molecular weight is 534 g/mol. The predicted octanol–water partition coefficient (Wildman–Crippen LogP) is 5.25. The molecule has 0 fully saturated rings. The van der Waals surface area contributed by atoms with E-state index in [0.717, 1.165) is 0 Å². The zero-order valence-electron chi connectivity index (χ0n) is 21.2. The number of aromatic nitrogens is 5. The number of benzene rings is 2. The third-order valence-electron chi connectivity index (χ3n) is 6.72. The maximum Gasteiger partial charge on any atom is 0.200 e. The molecule has 3 N–H and O–H groups in total. The highest BCUT2D eigenvalue weighted by Gasteiger charge is 2.18. The number of anilines is 3. The van der Waals surface area contributed by atoms with Crippen LogP contribution in [0.3, 0.4) is 0 Å². The molecule has 196 valence electrons. The van der Waals surface area contributed by atoms with Gasteiger partial charge in [0.25, 0.3) is 0 Å². The van der Waals surface area contributed by atoms with Crippen LogP contribution in [0.5, 0.6) is 0 Å². The van der Waals surface area contributed by atoms with Crippen molar-refractivity contribution in [2.45, 2.75) is 6.54 Å². The third kappa shape index (κ3) is 4.10. The van der Waals surface area contributed by atoms with Gasteiger partial charge in [0.2, 0.25) is 5.43 Å². The maximum atomic E-state index is 15.5. The third-order valence-corrected chi connectivity index (χ3v) is 6.72. The minimum atomic E-state index is -0.516. The number of terminal acetylenes is 1. The van der Waals surface area contributed by atoms with Gasteiger partial charge < -0.3 is 20.2 Å². The average Bonchev–Trinajstić information content (AvgIpc) is 3.28. The van der Waals surface area contributed by atoms with Gasteiger partial charge in [-0.05, 0) is 42.0 Å². The molecule has 0 amide bonds. The van der Waals surface area contributed by atoms with Gasteiger partial charge in [-0.1, -0.05) is 18.1 Å². The van der Waals surface area contributed by atoms with Gasteiger partial charge in [0, 0.05) is 48.0 Å². The standard InChI is InChI=1S/C30H21F2N7O/c1-3-12-39-15-21(17-4-6-18(31)7-5-17)27(40)26-24(39)10-11-34-29(26)37-19-8-9-20(23(32)13-19)22-14-38(2)30-25(22)28(33)35-16-36-30/h1,4-11,13-16H,12H2,2H3,(H,34,37)(H2,33,35,36). The van der Waals surface area contributed by atoms with Crippen molar-refractivity contribution in [3.05, 3.63) is 95.3 Å². The van der Waals surface area contributed by atoms with Crippen molar-refractivity contribution < 1.29 is 8.78 Å². The van der Waals surface area contributed by atoms with Crippen molar-refractivity contribution in [3.8, 4) is 34.6 Å². The molecule has 0 atom stereocenters. The summed E-state index contributed by atoms with van der Waals surface area (Å²) in [4.78, 5) is 26.4. The quantitative estimate of drug-likeness (QED) is 0.294. The summed E-state index contributed by atoms with van der Waals surface area (Å²) in [6, 6.07) is 11.9. The zero-order valence-corrected chi connectivity index (χ0v) is 21.2. The van der Waals surface area contributed by atoms with Crippen LogP contribution in [0.2, 0.25) is 0 Å². The number of aryl methyl sites for hydroxylation is 1. The van der Waals surface area contributed by atoms with E-state index in [-0.39, 0.29) is 29.0 Å². The Kier molecular flexibility index (Phi) is 5.96. The fourth-order valence-corrected chi connectivity index (χ4v) is 4.88. The molecule has 0 spiro atoms. The van der Waals surface area contributed by atoms with E-state index in [1.165, 1.54) is 42.9 Å². The number of hydrogen-bond acceptors (Lipinski definition) is 6. The fraction of sp³-hybridized carbons (Fsp3) is 0.0667. The lowest BCUT2D eigenvalue weighted by Crippen LogP contribution is -2.14. The minimum Gasteiger partial charge on any atom is -0.383 e. The molecular weight excluding hydrogens is 512 g/mol. The first kappa shape index (κ1) is 24.8. The second-order valence-corrected chi connectivity index (χ2v) is 9.20. The van der Waals surface area contributed by atoms with E-state index in [4.69, 9.17) is 12.2 Å². The molecule has 4 heterocycles. The minimum absolute atomic E-state index is 0.190. The van der Waals surface area contributed by atoms with Crippen LogP contribution in [-0.2, 0) is 13.6 Å². The van der Waals surface area contributed by atoms with Gasteiger partial charge in [-0.25, -0.2) is 23.7 Å². The van der Waals surface area contributed by atoms with Crippen molar-refractivity contribution in [3.63, 3.8) is 0 Å². The van der Waals surface area contributed by atoms with Crippen LogP contribution in [0.25, 0.3) is 44.2 Å². The van der Waals surface area contributed by atoms with E-state index in [2.05, 4.69) is 26.2 Å². The highest BCUT2D eigenvalue weighted by molar-refractivity contribution is 6.01. The predicted molar refractivity (Wildman–Crippen MR) is 152 cm³/mol. The molecule has 0 saturated heterocycles. The molecule has 6 rings (SSSR count). The number of nitrogens with one attached hydrogen (secondary N) is 1. The van der Waals surface area contributed by atoms with Gasteiger partial charge in [0.1, 0.15) is 35.2 Å². The van der Waals surface area contributed by atoms with Crippen molar-refractivity contribution in [2.24, 2.45) is 7.05 Å². The summed E-state index contributed by atoms with van der Waals surface area (Å²) >= 11 is 0. The van der Waals surface area contributed by atoms with Crippen molar-refractivity contribution in [1.82, 2.24) is 24.1 Å². The van der Waals surface area contributed by atoms with E-state index in [9.17, 15) is 9.18 Å². The second-order valence-electron chi connectivity index (χ2n) is 9.20. The van der Waals surface area contributed by atoms with Crippen molar-refractivity contribution in [2.75, 3.05) is 11.1 Å². The molecular formula is C30H21F2N7O. The van der Waals surface area contributed by atoms with Gasteiger partial charge in [0.05, 0.1) is 22.8 Å². The molecule has 10 heteroatoms. The van der Waals surface area contributed by atoms with Crippen LogP contribution in [0, 0.1) is 24.0 Å². The summed E-state index contributed by atoms with van der Waals surface area (Å²) in [7, 11) is 1.80. The van der Waals surface area contributed by atoms with Crippen LogP contribution in [0.4, 0.5) is 26.1 Å². The van der Waals surface area contributed by atoms with Gasteiger partial charge in [-0.15, -0.1) is 6.42 Å². The second kappa shape index (κ2) is 9.63. The molecule has 0 bridgehead atoms. The van der Waals surface area contributed by atoms with E-state index >= 15 is 4.39 Å². The molecule has 8 nitrogen and oxygen atoms in total. The van der Waals surface area contributed by atoms with E-state index in [1.807, 2.05) is 0 Å². The Morgan fingerprint density at radius 1 is 0.975 bits per heavy atom. The van der Waals surface area contributed by atoms with Crippen LogP contribution in [0.15, 0.2) is 78.2 Å². The number of fused-ring (bicyclic) bond motifs is 2. The van der Waals surface area contributed by atoms with Crippen LogP contribution >= 0.6 is 0 Å². The van der Waals surface area contributed by atoms with Gasteiger partial charge >= 0.3 is 0 Å². The SMILES string of the molecule is C#CCn1cc(-c2ccc(F)cc2)c(=O)c2c(Nc3ccc(-c4cn(C)c5ncnc(N)c45)c(F)c3)nccc21. The summed E-state index contributed by atoms with van der Waals surface area (Å²) < 4.78 is 32.6. The lowest BCUT2D eigenvalue weighted by atomic mass is 10.0. The summed E-state index contributed by atoms with van der Waals surface area (Å²) in [5, 5.41) is 3.91. The normalized spacial score (nSPS) is 11.2. The Morgan fingerprint density at radius 2 is 1.77 bits per heavy atom. The summed E-state index contributed by atoms with van der Waals surface area (Å²) in [5.41, 5.74) is 9.01. The van der Waals surface area contributed by atoms with E-state index in [1.54, 1.807) is 46.8 Å². The van der Waals surface area contributed by atoms with Gasteiger partial charge in [-0.3, -0.25) is 4.79 Å². The molecule has 0 saturated carbocycles. The molecule has 0 aliphatic rings. The van der Waals surface area contributed by atoms with Crippen LogP contribution in [0.1, 0.15) is 0 Å². The van der Waals surface area contributed by atoms with Crippen molar-refractivity contribution in [1.29, 1.82) is 0 Å². The number of hydrogen-bond donors (Lipinski definition) is 2. The first-order valence-electron chi connectivity index (χ1n) is 12.2. The number of nitrogens with zero attached hydrogens (tertiary/aromatic N) is 5. The molecule has 40 heavy (non-hydrogen) atoms. The molecule has 0 aliphatic heterocycles. The number of nitrogen functional groups attached to an aromatic ring is 1. The molecule has 6 aromatic rings. The lowest BCUT2D eigenvalue weighted by Gasteiger charge is -2.15. The monoisotopic (exact) mass is 533 g/mol. The topological polar surface area (TPSA) is 104 Å². The van der Waals surface area contributed by atoms with E-state index < -0.39 is 11.6 Å². The lowest BCUT2D eigenvalue weighted by molar-refractivity contribution is 0.628. The van der Waals surface area contributed by atoms with Crippen molar-refractivity contribution >= 4 is 39.3 Å². The number of rotatable bonds is 5. The zero-order chi connectivity index (χ0) is 28.0. The Bertz CT molecular complexity index is 2040. The molecule has 0 aliphatic carbocycles. The van der Waals surface area contributed by atoms with Gasteiger partial charge in [0.15, 0.2) is 0 Å². The Labute approximate surface area is 226 Å². The Hall–Kier alpha value is -5.56. The highest BCUT2D eigenvalue weighted by atomic mass is 19.1. The Morgan fingerprint density at radius 3 is 2.52 bits per heavy atom. The summed E-state index contributed by atoms with van der Waals surface area (Å²) in [6.07, 6.45) is 11.9. The molecule has 4 aromatic heterocycles. The van der Waals surface area contributed by atoms with Gasteiger partial charge in [-0.2, -0.15) is 0 Å². The van der Waals surface area contributed by atoms with E-state index in [0.29, 0.717) is 44.5 Å². The summed E-state index contributed by atoms with van der Waals surface area (Å²) in [5.74, 6) is 2.14. The first-order chi connectivity index (χ1) is 19.4. The number of pyridine rings is 2. The molecule has 2 aromatic carbocycles. The number of nitrogens with two attached hydrogens (primary N) is 1. The largest absolute Gasteiger partial charge is 0.383 e. The van der Waals surface area contributed by atoms with Crippen LogP contribution < -0.4 is 16.5 Å². The highest BCUT2D eigenvalue weighted by Crippen LogP contribution is 2.35. The van der Waals surface area contributed by atoms with Crippen LogP contribution in [-0.4, -0.2) is 24.1 Å². The summed E-state index contributed by atoms with van der Waals surface area (Å²) in [6.45, 7) is 0.190. The smallest absolute Gasteiger partial charge is 0.200 e. The maximum absolute atomic E-state index is 15.5. The first-order valence-corrected chi connectivity index (χ1v) is 12.2.